The number of nitrogens with two attached hydrogens (primary N) is 2. The third-order valence-electron chi connectivity index (χ3n) is 4.76. The first-order valence-electron chi connectivity index (χ1n) is 11.7. The number of hydrogen-bond donors (Lipinski definition) is 4. The number of carbonyl (C=O) groups excluding carboxylic acids is 4. The summed E-state index contributed by atoms with van der Waals surface area (Å²) in [6, 6.07) is -0.667. The minimum absolute atomic E-state index is 0. The number of rotatable bonds is 16. The Hall–Kier alpha value is -2.78. The molecule has 0 aromatic heterocycles. The Morgan fingerprint density at radius 1 is 0.971 bits per heavy atom. The van der Waals surface area contributed by atoms with Crippen molar-refractivity contribution >= 4 is 35.7 Å². The number of Topliss-reactive ketones (excluding diaryl/α,β-unsaturated/α-hetero) is 2. The van der Waals surface area contributed by atoms with Crippen LogP contribution in [0.25, 0.3) is 0 Å². The van der Waals surface area contributed by atoms with Crippen LogP contribution < -0.4 is 16.8 Å². The highest BCUT2D eigenvalue weighted by molar-refractivity contribution is 5.92. The van der Waals surface area contributed by atoms with Gasteiger partial charge >= 0.3 is 0 Å². The van der Waals surface area contributed by atoms with Crippen LogP contribution >= 0.6 is 0 Å². The van der Waals surface area contributed by atoms with E-state index in [1.54, 1.807) is 0 Å². The Morgan fingerprint density at radius 3 is 1.89 bits per heavy atom. The molecule has 10 nitrogen and oxygen atoms in total. The average Bonchev–Trinajstić information content (AvgIpc) is 2.67. The Balaban J connectivity index is -0.00000189. The van der Waals surface area contributed by atoms with Crippen LogP contribution in [0.15, 0.2) is 4.99 Å². The molecule has 0 aromatic rings. The second kappa shape index (κ2) is 20.6. The molecule has 10 heteroatoms. The molecule has 0 heterocycles. The Bertz CT molecular complexity index is 683. The molecule has 204 valence electrons. The van der Waals surface area contributed by atoms with Gasteiger partial charge < -0.3 is 31.5 Å². The topological polar surface area (TPSA) is 182 Å². The summed E-state index contributed by atoms with van der Waals surface area (Å²) in [6.07, 6.45) is 3.14. The summed E-state index contributed by atoms with van der Waals surface area (Å²) in [4.78, 5) is 61.6. The van der Waals surface area contributed by atoms with E-state index in [9.17, 15) is 19.2 Å². The van der Waals surface area contributed by atoms with Gasteiger partial charge in [-0.2, -0.15) is 0 Å². The van der Waals surface area contributed by atoms with E-state index < -0.39 is 23.8 Å². The molecule has 3 atom stereocenters. The van der Waals surface area contributed by atoms with Gasteiger partial charge in [-0.05, 0) is 44.4 Å². The maximum absolute atomic E-state index is 12.9. The Labute approximate surface area is 210 Å². The van der Waals surface area contributed by atoms with Crippen LogP contribution in [0, 0.1) is 23.7 Å². The second-order valence-electron chi connectivity index (χ2n) is 9.46. The van der Waals surface area contributed by atoms with Crippen molar-refractivity contribution in [2.24, 2.45) is 40.1 Å². The molecule has 0 aliphatic carbocycles. The fraction of sp³-hybridized carbons (Fsp3) is 0.760. The lowest BCUT2D eigenvalue weighted by Gasteiger charge is -2.24. The summed E-state index contributed by atoms with van der Waals surface area (Å²) >= 11 is 0. The molecule has 0 saturated carbocycles. The highest BCUT2D eigenvalue weighted by Crippen LogP contribution is 2.19. The highest BCUT2D eigenvalue weighted by Gasteiger charge is 2.28. The number of guanidine groups is 1. The van der Waals surface area contributed by atoms with Crippen molar-refractivity contribution in [2.45, 2.75) is 93.5 Å². The van der Waals surface area contributed by atoms with Crippen LogP contribution in [0.1, 0.15) is 87.5 Å². The molecular formula is C25H48N4O6. The van der Waals surface area contributed by atoms with Crippen LogP contribution in [0.4, 0.5) is 0 Å². The third-order valence-corrected chi connectivity index (χ3v) is 4.76. The van der Waals surface area contributed by atoms with Crippen molar-refractivity contribution in [1.29, 1.82) is 0 Å². The smallest absolute Gasteiger partial charge is 0.300 e. The fourth-order valence-electron chi connectivity index (χ4n) is 3.41. The predicted octanol–water partition coefficient (Wildman–Crippen LogP) is 2.71. The van der Waals surface area contributed by atoms with Gasteiger partial charge in [-0.25, -0.2) is 0 Å². The lowest BCUT2D eigenvalue weighted by atomic mass is 9.89. The summed E-state index contributed by atoms with van der Waals surface area (Å²) < 4.78 is 0. The summed E-state index contributed by atoms with van der Waals surface area (Å²) in [6.45, 7) is 10.9. The number of nitrogens with one attached hydrogen (secondary N) is 1. The van der Waals surface area contributed by atoms with Crippen molar-refractivity contribution in [3.63, 3.8) is 0 Å². The molecule has 0 bridgehead atoms. The van der Waals surface area contributed by atoms with Gasteiger partial charge in [-0.1, -0.05) is 35.1 Å². The summed E-state index contributed by atoms with van der Waals surface area (Å²) in [5, 5.41) is 10.3. The summed E-state index contributed by atoms with van der Waals surface area (Å²) in [5.41, 5.74) is 10.6. The van der Waals surface area contributed by atoms with E-state index in [1.807, 2.05) is 27.7 Å². The van der Waals surface area contributed by atoms with Gasteiger partial charge in [-0.15, -0.1) is 0 Å². The van der Waals surface area contributed by atoms with Gasteiger partial charge in [0.1, 0.15) is 12.1 Å². The quantitative estimate of drug-likeness (QED) is 0.108. The van der Waals surface area contributed by atoms with Gasteiger partial charge in [0.2, 0.25) is 5.91 Å². The molecule has 6 N–H and O–H groups in total. The molecule has 1 amide bonds. The first kappa shape index (κ1) is 36.8. The Morgan fingerprint density at radius 2 is 1.49 bits per heavy atom. The van der Waals surface area contributed by atoms with Crippen molar-refractivity contribution in [3.05, 3.63) is 0 Å². The van der Waals surface area contributed by atoms with E-state index in [1.165, 1.54) is 6.92 Å². The molecule has 0 saturated heterocycles. The molecule has 0 fully saturated rings. The molecule has 0 aliphatic rings. The number of amides is 1. The van der Waals surface area contributed by atoms with Crippen molar-refractivity contribution < 1.29 is 29.1 Å². The average molecular weight is 501 g/mol. The molecule has 0 rings (SSSR count). The van der Waals surface area contributed by atoms with E-state index in [0.29, 0.717) is 32.2 Å². The largest absolute Gasteiger partial charge is 0.481 e. The molecule has 0 unspecified atom stereocenters. The summed E-state index contributed by atoms with van der Waals surface area (Å²) in [5.74, 6) is -1.78. The molecule has 0 aromatic carbocycles. The number of aliphatic carboxylic acids is 1. The lowest BCUT2D eigenvalue weighted by Crippen LogP contribution is -2.45. The van der Waals surface area contributed by atoms with Gasteiger partial charge in [0.25, 0.3) is 5.97 Å². The Kier molecular flexibility index (Phi) is 21.6. The first-order chi connectivity index (χ1) is 15.7. The van der Waals surface area contributed by atoms with E-state index >= 15 is 0 Å². The van der Waals surface area contributed by atoms with Crippen LogP contribution in [0.5, 0.6) is 0 Å². The van der Waals surface area contributed by atoms with E-state index in [2.05, 4.69) is 10.3 Å². The van der Waals surface area contributed by atoms with Gasteiger partial charge in [0, 0.05) is 38.1 Å². The third kappa shape index (κ3) is 22.8. The monoisotopic (exact) mass is 500 g/mol. The SMILES string of the molecule is C.CC(=O)C[C@@H](CC(C)C)C(=O)N[C@@H](CC(C)C)C(=O)C[C@H](C=O)CCCN=C(N)N.CC(=O)O. The zero-order valence-electron chi connectivity index (χ0n) is 21.5. The highest BCUT2D eigenvalue weighted by atomic mass is 16.4. The number of nitrogens with zero attached hydrogens (tertiary/aromatic N) is 1. The molecular weight excluding hydrogens is 452 g/mol. The summed E-state index contributed by atoms with van der Waals surface area (Å²) in [7, 11) is 0. The van der Waals surface area contributed by atoms with Crippen molar-refractivity contribution in [3.8, 4) is 0 Å². The maximum atomic E-state index is 12.9. The number of carbonyl (C=O) groups is 5. The molecule has 35 heavy (non-hydrogen) atoms. The van der Waals surface area contributed by atoms with Gasteiger partial charge in [0.05, 0.1) is 6.04 Å². The van der Waals surface area contributed by atoms with Crippen LogP contribution in [0.3, 0.4) is 0 Å². The molecule has 0 spiro atoms. The first-order valence-corrected chi connectivity index (χ1v) is 11.7. The number of carboxylic acids is 1. The predicted molar refractivity (Wildman–Crippen MR) is 139 cm³/mol. The number of ketones is 2. The lowest BCUT2D eigenvalue weighted by molar-refractivity contribution is -0.134. The zero-order valence-corrected chi connectivity index (χ0v) is 21.5. The molecule has 0 radical (unpaired) electrons. The maximum Gasteiger partial charge on any atom is 0.300 e. The normalized spacial score (nSPS) is 12.8. The standard InChI is InChI=1S/C22H40N4O4.C2H4O2.CH4/c1-14(2)9-18(11-16(5)28)21(30)26-19(10-15(3)4)20(29)12-17(13-27)7-6-8-25-22(23)24;1-2(3)4;/h13-15,17-19H,6-12H2,1-5H3,(H,26,30)(H4,23,24,25);1H3,(H,3,4);1H4/t17-,18-,19+;;/m1../s1. The van der Waals surface area contributed by atoms with Crippen LogP contribution in [0.2, 0.25) is 0 Å². The minimum Gasteiger partial charge on any atom is -0.481 e. The van der Waals surface area contributed by atoms with Gasteiger partial charge in [-0.3, -0.25) is 19.4 Å². The second-order valence-corrected chi connectivity index (χ2v) is 9.46. The van der Waals surface area contributed by atoms with Crippen molar-refractivity contribution in [2.75, 3.05) is 6.54 Å². The zero-order chi connectivity index (χ0) is 26.8. The van der Waals surface area contributed by atoms with E-state index in [4.69, 9.17) is 21.4 Å². The number of hydrogen-bond acceptors (Lipinski definition) is 6. The number of aliphatic imine (C=N–C) groups is 1. The number of aldehydes is 1. The minimum atomic E-state index is -0.833. The van der Waals surface area contributed by atoms with E-state index in [-0.39, 0.29) is 55.5 Å². The van der Waals surface area contributed by atoms with Crippen LogP contribution in [-0.2, 0) is 24.0 Å². The van der Waals surface area contributed by atoms with Crippen LogP contribution in [-0.4, -0.2) is 53.4 Å². The molecule has 0 aliphatic heterocycles. The fourth-order valence-corrected chi connectivity index (χ4v) is 3.41. The van der Waals surface area contributed by atoms with Gasteiger partial charge in [0.15, 0.2) is 11.7 Å². The van der Waals surface area contributed by atoms with Crippen molar-refractivity contribution in [1.82, 2.24) is 5.32 Å². The van der Waals surface area contributed by atoms with E-state index in [0.717, 1.165) is 13.2 Å². The number of carboxylic acid groups (broad SMARTS) is 1.